The predicted octanol–water partition coefficient (Wildman–Crippen LogP) is 10.3. The second-order valence-electron chi connectivity index (χ2n) is 12.2. The van der Waals surface area contributed by atoms with E-state index in [0.29, 0.717) is 5.56 Å². The summed E-state index contributed by atoms with van der Waals surface area (Å²) in [6, 6.07) is 48.6. The molecule has 0 spiro atoms. The van der Waals surface area contributed by atoms with Crippen LogP contribution in [0.1, 0.15) is 46.7 Å². The maximum Gasteiger partial charge on any atom is 0.0192 e. The molecule has 3 nitrogen and oxygen atoms in total. The summed E-state index contributed by atoms with van der Waals surface area (Å²) in [7, 11) is 0. The van der Waals surface area contributed by atoms with Crippen molar-refractivity contribution >= 4 is 5.71 Å². The zero-order valence-electron chi connectivity index (χ0n) is 28.3. The molecule has 0 fully saturated rings. The molecule has 0 saturated carbocycles. The van der Waals surface area contributed by atoms with Crippen LogP contribution in [0.5, 0.6) is 0 Å². The molecule has 251 valence electrons. The molecule has 0 bridgehead atoms. The summed E-state index contributed by atoms with van der Waals surface area (Å²) in [4.78, 5) is 9.44. The van der Waals surface area contributed by atoms with Gasteiger partial charge < -0.3 is 15.4 Å². The van der Waals surface area contributed by atoms with E-state index in [4.69, 9.17) is 9.97 Å². The van der Waals surface area contributed by atoms with Gasteiger partial charge in [-0.2, -0.15) is 5.56 Å². The van der Waals surface area contributed by atoms with E-state index in [1.165, 1.54) is 33.4 Å². The van der Waals surface area contributed by atoms with Crippen molar-refractivity contribution in [3.63, 3.8) is 0 Å². The van der Waals surface area contributed by atoms with Gasteiger partial charge in [-0.15, -0.1) is 108 Å². The van der Waals surface area contributed by atoms with Gasteiger partial charge in [0.25, 0.3) is 0 Å². The van der Waals surface area contributed by atoms with Crippen LogP contribution in [-0.2, 0) is 52.2 Å². The fourth-order valence-electron chi connectivity index (χ4n) is 5.86. The van der Waals surface area contributed by atoms with Crippen LogP contribution in [0.2, 0.25) is 0 Å². The van der Waals surface area contributed by atoms with E-state index < -0.39 is 0 Å². The molecule has 1 radical (unpaired) electrons. The summed E-state index contributed by atoms with van der Waals surface area (Å²) < 4.78 is 0. The van der Waals surface area contributed by atoms with Crippen molar-refractivity contribution < 1.29 is 20.1 Å². The van der Waals surface area contributed by atoms with Crippen LogP contribution in [-0.4, -0.2) is 15.7 Å². The topological polar surface area (TPSA) is 48.1 Å². The second kappa shape index (κ2) is 18.7. The van der Waals surface area contributed by atoms with Gasteiger partial charge in [-0.3, -0.25) is 0 Å². The summed E-state index contributed by atoms with van der Waals surface area (Å²) >= 11 is 0. The van der Waals surface area contributed by atoms with Gasteiger partial charge in [-0.05, 0) is 84.7 Å². The van der Waals surface area contributed by atoms with Gasteiger partial charge in [-0.25, -0.2) is 5.71 Å². The van der Waals surface area contributed by atoms with Crippen LogP contribution in [0.15, 0.2) is 151 Å². The second-order valence-corrected chi connectivity index (χ2v) is 12.2. The van der Waals surface area contributed by atoms with Gasteiger partial charge >= 0.3 is 0 Å². The number of aryl methyl sites for hydroxylation is 5. The molecule has 6 rings (SSSR count). The Morgan fingerprint density at radius 1 is 0.580 bits per heavy atom. The Balaban J connectivity index is 0.00000486. The number of hydrogen-bond donors (Lipinski definition) is 0. The molecular formula is C46H39IrN3-4. The van der Waals surface area contributed by atoms with E-state index in [-0.39, 0.29) is 25.8 Å². The van der Waals surface area contributed by atoms with Crippen molar-refractivity contribution in [1.82, 2.24) is 9.97 Å². The molecule has 50 heavy (non-hydrogen) atoms. The molecule has 4 heteroatoms. The Morgan fingerprint density at radius 2 is 1.08 bits per heavy atom. The monoisotopic (exact) mass is 826 g/mol. The maximum absolute atomic E-state index is 10.5. The molecule has 0 aliphatic heterocycles. The van der Waals surface area contributed by atoms with Crippen molar-refractivity contribution in [2.45, 2.75) is 45.4 Å². The molecule has 2 heterocycles. The normalized spacial score (nSPS) is 11.3. The Kier molecular flexibility index (Phi) is 13.5. The number of allylic oxidation sites excluding steroid dienone is 4. The predicted molar refractivity (Wildman–Crippen MR) is 202 cm³/mol. The molecule has 6 aromatic rings. The van der Waals surface area contributed by atoms with Crippen LogP contribution in [0.25, 0.3) is 27.9 Å². The van der Waals surface area contributed by atoms with Gasteiger partial charge in [0.1, 0.15) is 0 Å². The number of pyridine rings is 2. The van der Waals surface area contributed by atoms with Crippen molar-refractivity contribution in [2.24, 2.45) is 0 Å². The molecular weight excluding hydrogens is 787 g/mol. The summed E-state index contributed by atoms with van der Waals surface area (Å²) in [5.74, 6) is 0. The van der Waals surface area contributed by atoms with E-state index in [1.54, 1.807) is 6.08 Å². The molecule has 0 aliphatic carbocycles. The number of benzene rings is 4. The van der Waals surface area contributed by atoms with Crippen LogP contribution < -0.4 is 0 Å². The Morgan fingerprint density at radius 3 is 1.52 bits per heavy atom. The fourth-order valence-corrected chi connectivity index (χ4v) is 5.86. The van der Waals surface area contributed by atoms with Crippen LogP contribution in [0.3, 0.4) is 0 Å². The van der Waals surface area contributed by atoms with E-state index in [1.807, 2.05) is 91.3 Å². The van der Waals surface area contributed by atoms with Gasteiger partial charge in [0.05, 0.1) is 0 Å². The average Bonchev–Trinajstić information content (AvgIpc) is 3.17. The van der Waals surface area contributed by atoms with Gasteiger partial charge in [0.15, 0.2) is 0 Å². The van der Waals surface area contributed by atoms with Crippen molar-refractivity contribution in [3.05, 3.63) is 208 Å². The minimum atomic E-state index is 0. The largest absolute Gasteiger partial charge is 0.855 e. The van der Waals surface area contributed by atoms with Gasteiger partial charge in [-0.1, -0.05) is 60.2 Å². The third-order valence-corrected chi connectivity index (χ3v) is 8.65. The number of rotatable bonds is 14. The molecule has 0 aliphatic rings. The molecule has 0 saturated heterocycles. The number of nitrogens with zero attached hydrogens (tertiary/aromatic N) is 3. The van der Waals surface area contributed by atoms with Crippen LogP contribution >= 0.6 is 0 Å². The minimum Gasteiger partial charge on any atom is -0.855 e. The zero-order chi connectivity index (χ0) is 33.7. The van der Waals surface area contributed by atoms with E-state index >= 15 is 0 Å². The van der Waals surface area contributed by atoms with Crippen LogP contribution in [0.4, 0.5) is 0 Å². The Bertz CT molecular complexity index is 1890. The fraction of sp³-hybridized carbons (Fsp3) is 0.152. The first-order chi connectivity index (χ1) is 24.1. The third-order valence-electron chi connectivity index (χ3n) is 8.65. The standard InChI is InChI=1S/C46H39N3.Ir/c1-2-35(24-27-44(47)41-12-6-3-7-13-41)18-21-38-30-39(22-19-36-25-28-45(48-33-36)42-14-8-4-9-15-42)32-40(31-38)23-20-37-26-29-46(49-34-37)43-16-10-5-11-17-43;/h2-12,14,16,24-34H,18-23H2,1H3;/q-4;/b27-24-,35-2-;. The molecule has 0 unspecified atom stereocenters. The summed E-state index contributed by atoms with van der Waals surface area (Å²) in [6.45, 7) is 2.05. The average molecular weight is 826 g/mol. The van der Waals surface area contributed by atoms with Crippen LogP contribution in [0, 0.1) is 18.2 Å². The van der Waals surface area contributed by atoms with Gasteiger partial charge in [0, 0.05) is 32.5 Å². The first-order valence-corrected chi connectivity index (χ1v) is 16.9. The van der Waals surface area contributed by atoms with E-state index in [2.05, 4.69) is 73.7 Å². The minimum absolute atomic E-state index is 0. The molecule has 2 aromatic heterocycles. The third kappa shape index (κ3) is 10.5. The first-order valence-electron chi connectivity index (χ1n) is 16.9. The molecule has 4 aromatic carbocycles. The molecule has 0 N–H and O–H groups in total. The van der Waals surface area contributed by atoms with Crippen molar-refractivity contribution in [3.8, 4) is 22.5 Å². The molecule has 0 atom stereocenters. The number of hydrogen-bond acceptors (Lipinski definition) is 2. The zero-order valence-corrected chi connectivity index (χ0v) is 30.7. The van der Waals surface area contributed by atoms with E-state index in [9.17, 15) is 5.41 Å². The summed E-state index contributed by atoms with van der Waals surface area (Å²) in [5.41, 5.74) is 12.4. The maximum atomic E-state index is 10.5. The summed E-state index contributed by atoms with van der Waals surface area (Å²) in [5, 5.41) is 10.5. The Labute approximate surface area is 310 Å². The number of aromatic nitrogens is 2. The van der Waals surface area contributed by atoms with Gasteiger partial charge in [0.2, 0.25) is 0 Å². The first kappa shape index (κ1) is 36.3. The summed E-state index contributed by atoms with van der Waals surface area (Å²) in [6.07, 6.45) is 15.4. The smallest absolute Gasteiger partial charge is 0.0192 e. The Hall–Kier alpha value is -5.02. The van der Waals surface area contributed by atoms with E-state index in [0.717, 1.165) is 61.0 Å². The van der Waals surface area contributed by atoms with Crippen molar-refractivity contribution in [1.29, 1.82) is 0 Å². The SMILES string of the molecule is C/C=C(\C=C/C(=[N-])c1[c-]cccc1)CCc1cc(CCc2ccc(-c3[c-]cccc3)nc2)cc(CCc2ccc(-c3[c-]cccc3)nc2)c1.[Ir]. The van der Waals surface area contributed by atoms with Crippen molar-refractivity contribution in [2.75, 3.05) is 0 Å². The molecule has 0 amide bonds. The quantitative estimate of drug-likeness (QED) is 0.0624.